The third-order valence-electron chi connectivity index (χ3n) is 1.97. The van der Waals surface area contributed by atoms with Crippen molar-refractivity contribution in [1.29, 1.82) is 0 Å². The lowest BCUT2D eigenvalue weighted by Gasteiger charge is -2.13. The van der Waals surface area contributed by atoms with E-state index in [1.54, 1.807) is 0 Å². The predicted octanol–water partition coefficient (Wildman–Crippen LogP) is 1.98. The van der Waals surface area contributed by atoms with Gasteiger partial charge >= 0.3 is 5.97 Å². The van der Waals surface area contributed by atoms with Gasteiger partial charge in [-0.05, 0) is 17.7 Å². The summed E-state index contributed by atoms with van der Waals surface area (Å²) in [5.74, 6) is -0.398. The highest BCUT2D eigenvalue weighted by Crippen LogP contribution is 2.13. The second-order valence-corrected chi connectivity index (χ2v) is 3.38. The van der Waals surface area contributed by atoms with Crippen LogP contribution in [-0.2, 0) is 16.1 Å². The fourth-order valence-electron chi connectivity index (χ4n) is 1.14. The second kappa shape index (κ2) is 5.20. The van der Waals surface area contributed by atoms with Crippen LogP contribution in [0.4, 0.5) is 5.69 Å². The largest absolute Gasteiger partial charge is 0.458 e. The third-order valence-corrected chi connectivity index (χ3v) is 1.97. The molecule has 0 saturated carbocycles. The molecule has 1 aromatic carbocycles. The minimum atomic E-state index is -0.398. The van der Waals surface area contributed by atoms with Crippen molar-refractivity contribution in [2.24, 2.45) is 0 Å². The predicted molar refractivity (Wildman–Crippen MR) is 60.8 cm³/mol. The van der Waals surface area contributed by atoms with E-state index in [-0.39, 0.29) is 6.61 Å². The summed E-state index contributed by atoms with van der Waals surface area (Å²) < 4.78 is 4.94. The van der Waals surface area contributed by atoms with Crippen LogP contribution in [0.5, 0.6) is 0 Å². The SMILES string of the molecule is C=CC(=O)OCc1cccc(N(C)C)c1. The molecule has 0 bridgehead atoms. The number of carbonyl (C=O) groups is 1. The molecule has 1 rings (SSSR count). The van der Waals surface area contributed by atoms with E-state index in [1.165, 1.54) is 0 Å². The molecule has 0 amide bonds. The number of esters is 1. The lowest BCUT2D eigenvalue weighted by Crippen LogP contribution is -2.09. The van der Waals surface area contributed by atoms with Crippen molar-refractivity contribution in [2.75, 3.05) is 19.0 Å². The molecule has 0 aliphatic heterocycles. The highest BCUT2D eigenvalue weighted by molar-refractivity contribution is 5.81. The summed E-state index contributed by atoms with van der Waals surface area (Å²) in [7, 11) is 3.93. The first kappa shape index (κ1) is 11.3. The van der Waals surface area contributed by atoms with Crippen molar-refractivity contribution in [3.8, 4) is 0 Å². The highest BCUT2D eigenvalue weighted by atomic mass is 16.5. The van der Waals surface area contributed by atoms with Gasteiger partial charge in [0.25, 0.3) is 0 Å². The normalized spacial score (nSPS) is 9.47. The Bertz CT molecular complexity index is 358. The Morgan fingerprint density at radius 3 is 2.87 bits per heavy atom. The average molecular weight is 205 g/mol. The minimum Gasteiger partial charge on any atom is -0.458 e. The summed E-state index contributed by atoms with van der Waals surface area (Å²) in [6.45, 7) is 3.62. The molecule has 1 aromatic rings. The first-order chi connectivity index (χ1) is 7.13. The van der Waals surface area contributed by atoms with E-state index in [0.29, 0.717) is 0 Å². The van der Waals surface area contributed by atoms with Crippen LogP contribution < -0.4 is 4.90 Å². The van der Waals surface area contributed by atoms with Crippen LogP contribution in [-0.4, -0.2) is 20.1 Å². The molecule has 15 heavy (non-hydrogen) atoms. The maximum Gasteiger partial charge on any atom is 0.330 e. The highest BCUT2D eigenvalue weighted by Gasteiger charge is 2.00. The van der Waals surface area contributed by atoms with Gasteiger partial charge in [0.15, 0.2) is 0 Å². The number of rotatable bonds is 4. The summed E-state index contributed by atoms with van der Waals surface area (Å²) in [6.07, 6.45) is 1.16. The standard InChI is InChI=1S/C12H15NO2/c1-4-12(14)15-9-10-6-5-7-11(8-10)13(2)3/h4-8H,1,9H2,2-3H3. The van der Waals surface area contributed by atoms with Gasteiger partial charge in [-0.2, -0.15) is 0 Å². The van der Waals surface area contributed by atoms with Gasteiger partial charge in [0.1, 0.15) is 6.61 Å². The number of benzene rings is 1. The first-order valence-corrected chi connectivity index (χ1v) is 4.69. The Kier molecular flexibility index (Phi) is 3.92. The molecule has 80 valence electrons. The van der Waals surface area contributed by atoms with Gasteiger partial charge in [0, 0.05) is 25.9 Å². The zero-order valence-electron chi connectivity index (χ0n) is 9.06. The summed E-state index contributed by atoms with van der Waals surface area (Å²) in [6, 6.07) is 7.84. The van der Waals surface area contributed by atoms with E-state index in [9.17, 15) is 4.79 Å². The van der Waals surface area contributed by atoms with Crippen LogP contribution in [0.15, 0.2) is 36.9 Å². The van der Waals surface area contributed by atoms with Crippen molar-refractivity contribution in [3.05, 3.63) is 42.5 Å². The van der Waals surface area contributed by atoms with Crippen LogP contribution in [0.2, 0.25) is 0 Å². The molecule has 0 spiro atoms. The molecule has 0 aromatic heterocycles. The summed E-state index contributed by atoms with van der Waals surface area (Å²) in [4.78, 5) is 12.9. The van der Waals surface area contributed by atoms with Gasteiger partial charge in [-0.25, -0.2) is 4.79 Å². The molecular formula is C12H15NO2. The van der Waals surface area contributed by atoms with Gasteiger partial charge in [0.2, 0.25) is 0 Å². The van der Waals surface area contributed by atoms with Crippen LogP contribution in [0.1, 0.15) is 5.56 Å². The lowest BCUT2D eigenvalue weighted by molar-refractivity contribution is -0.138. The van der Waals surface area contributed by atoms with Gasteiger partial charge in [-0.3, -0.25) is 0 Å². The number of ether oxygens (including phenoxy) is 1. The summed E-state index contributed by atoms with van der Waals surface area (Å²) in [5, 5.41) is 0. The topological polar surface area (TPSA) is 29.5 Å². The van der Waals surface area contributed by atoms with Crippen molar-refractivity contribution in [1.82, 2.24) is 0 Å². The number of nitrogens with zero attached hydrogens (tertiary/aromatic N) is 1. The molecule has 0 N–H and O–H groups in total. The Morgan fingerprint density at radius 1 is 1.53 bits per heavy atom. The van der Waals surface area contributed by atoms with Gasteiger partial charge in [-0.15, -0.1) is 0 Å². The molecule has 3 heteroatoms. The molecule has 0 unspecified atom stereocenters. The van der Waals surface area contributed by atoms with E-state index in [1.807, 2.05) is 43.3 Å². The molecule has 0 atom stereocenters. The van der Waals surface area contributed by atoms with E-state index in [2.05, 4.69) is 6.58 Å². The first-order valence-electron chi connectivity index (χ1n) is 4.69. The maximum absolute atomic E-state index is 10.9. The molecule has 0 aliphatic rings. The maximum atomic E-state index is 10.9. The van der Waals surface area contributed by atoms with Gasteiger partial charge < -0.3 is 9.64 Å². The van der Waals surface area contributed by atoms with E-state index in [4.69, 9.17) is 4.74 Å². The third kappa shape index (κ3) is 3.46. The van der Waals surface area contributed by atoms with Crippen LogP contribution in [0.3, 0.4) is 0 Å². The zero-order valence-corrected chi connectivity index (χ0v) is 9.06. The Morgan fingerprint density at radius 2 is 2.27 bits per heavy atom. The Hall–Kier alpha value is -1.77. The summed E-state index contributed by atoms with van der Waals surface area (Å²) >= 11 is 0. The molecule has 0 radical (unpaired) electrons. The van der Waals surface area contributed by atoms with Gasteiger partial charge in [-0.1, -0.05) is 18.7 Å². The van der Waals surface area contributed by atoms with E-state index >= 15 is 0 Å². The monoisotopic (exact) mass is 205 g/mol. The Labute approximate surface area is 90.0 Å². The van der Waals surface area contributed by atoms with E-state index in [0.717, 1.165) is 17.3 Å². The fourth-order valence-corrected chi connectivity index (χ4v) is 1.14. The van der Waals surface area contributed by atoms with Crippen molar-refractivity contribution < 1.29 is 9.53 Å². The van der Waals surface area contributed by atoms with Crippen LogP contribution >= 0.6 is 0 Å². The zero-order chi connectivity index (χ0) is 11.3. The quantitative estimate of drug-likeness (QED) is 0.556. The number of hydrogen-bond donors (Lipinski definition) is 0. The minimum absolute atomic E-state index is 0.284. The number of hydrogen-bond acceptors (Lipinski definition) is 3. The second-order valence-electron chi connectivity index (χ2n) is 3.38. The molecule has 0 aliphatic carbocycles. The molecule has 3 nitrogen and oxygen atoms in total. The molecule has 0 heterocycles. The van der Waals surface area contributed by atoms with Crippen molar-refractivity contribution >= 4 is 11.7 Å². The van der Waals surface area contributed by atoms with Crippen molar-refractivity contribution in [3.63, 3.8) is 0 Å². The smallest absolute Gasteiger partial charge is 0.330 e. The average Bonchev–Trinajstić information content (AvgIpc) is 2.26. The number of anilines is 1. The van der Waals surface area contributed by atoms with Crippen molar-refractivity contribution in [2.45, 2.75) is 6.61 Å². The molecule has 0 fully saturated rings. The molecular weight excluding hydrogens is 190 g/mol. The molecule has 0 saturated heterocycles. The fraction of sp³-hybridized carbons (Fsp3) is 0.250. The van der Waals surface area contributed by atoms with E-state index < -0.39 is 5.97 Å². The number of carbonyl (C=O) groups excluding carboxylic acids is 1. The van der Waals surface area contributed by atoms with Crippen LogP contribution in [0, 0.1) is 0 Å². The summed E-state index contributed by atoms with van der Waals surface area (Å²) in [5.41, 5.74) is 2.05. The lowest BCUT2D eigenvalue weighted by atomic mass is 10.2. The van der Waals surface area contributed by atoms with Gasteiger partial charge in [0.05, 0.1) is 0 Å². The van der Waals surface area contributed by atoms with Crippen LogP contribution in [0.25, 0.3) is 0 Å². The Balaban J connectivity index is 2.65.